The van der Waals surface area contributed by atoms with Crippen molar-refractivity contribution < 1.29 is 4.74 Å². The normalized spacial score (nSPS) is 15.4. The third kappa shape index (κ3) is 2.19. The molecule has 0 unspecified atom stereocenters. The second kappa shape index (κ2) is 4.95. The van der Waals surface area contributed by atoms with Gasteiger partial charge in [-0.3, -0.25) is 0 Å². The molecule has 92 valence electrons. The summed E-state index contributed by atoms with van der Waals surface area (Å²) in [6.07, 6.45) is 1.09. The average molecular weight is 238 g/mol. The Bertz CT molecular complexity index is 524. The number of ether oxygens (including phenoxy) is 1. The highest BCUT2D eigenvalue weighted by Gasteiger charge is 2.19. The van der Waals surface area contributed by atoms with Gasteiger partial charge in [-0.15, -0.1) is 0 Å². The quantitative estimate of drug-likeness (QED) is 0.784. The third-order valence-corrected chi connectivity index (χ3v) is 3.69. The van der Waals surface area contributed by atoms with E-state index >= 15 is 0 Å². The maximum Gasteiger partial charge on any atom is 0.0557 e. The van der Waals surface area contributed by atoms with Gasteiger partial charge in [0.25, 0.3) is 0 Å². The zero-order valence-electron chi connectivity index (χ0n) is 10.7. The minimum atomic E-state index is 0.612. The van der Waals surface area contributed by atoms with E-state index in [4.69, 9.17) is 4.74 Å². The summed E-state index contributed by atoms with van der Waals surface area (Å²) < 4.78 is 5.23. The zero-order valence-corrected chi connectivity index (χ0v) is 10.7. The third-order valence-electron chi connectivity index (χ3n) is 3.69. The molecule has 1 heteroatoms. The lowest BCUT2D eigenvalue weighted by Crippen LogP contribution is -2.24. The maximum atomic E-state index is 5.23. The number of aryl methyl sites for hydroxylation is 1. The lowest BCUT2D eigenvalue weighted by atomic mass is 9.94. The highest BCUT2D eigenvalue weighted by atomic mass is 16.5. The first-order chi connectivity index (χ1) is 8.86. The van der Waals surface area contributed by atoms with Crippen LogP contribution in [0.25, 0.3) is 11.1 Å². The molecule has 0 N–H and O–H groups in total. The fourth-order valence-electron chi connectivity index (χ4n) is 2.35. The van der Waals surface area contributed by atoms with Gasteiger partial charge in [0.1, 0.15) is 0 Å². The maximum absolute atomic E-state index is 5.23. The molecule has 3 rings (SSSR count). The van der Waals surface area contributed by atoms with Gasteiger partial charge in [0.2, 0.25) is 0 Å². The van der Waals surface area contributed by atoms with E-state index in [2.05, 4.69) is 55.5 Å². The van der Waals surface area contributed by atoms with E-state index in [9.17, 15) is 0 Å². The number of rotatable bonds is 3. The molecule has 0 aliphatic carbocycles. The Balaban J connectivity index is 1.86. The van der Waals surface area contributed by atoms with Gasteiger partial charge in [0, 0.05) is 5.92 Å². The van der Waals surface area contributed by atoms with Crippen LogP contribution in [0, 0.1) is 0 Å². The van der Waals surface area contributed by atoms with Crippen LogP contribution in [0.1, 0.15) is 24.0 Å². The van der Waals surface area contributed by atoms with E-state index < -0.39 is 0 Å². The molecule has 0 spiro atoms. The Morgan fingerprint density at radius 2 is 1.78 bits per heavy atom. The second-order valence-corrected chi connectivity index (χ2v) is 4.91. The summed E-state index contributed by atoms with van der Waals surface area (Å²) in [6, 6.07) is 17.7. The van der Waals surface area contributed by atoms with Crippen LogP contribution < -0.4 is 0 Å². The Morgan fingerprint density at radius 1 is 1.00 bits per heavy atom. The van der Waals surface area contributed by atoms with Crippen LogP contribution in [0.2, 0.25) is 0 Å². The first-order valence-electron chi connectivity index (χ1n) is 6.64. The molecule has 2 aromatic rings. The Labute approximate surface area is 108 Å². The topological polar surface area (TPSA) is 9.23 Å². The molecule has 1 saturated heterocycles. The van der Waals surface area contributed by atoms with E-state index in [0.29, 0.717) is 5.92 Å². The lowest BCUT2D eigenvalue weighted by molar-refractivity contribution is 0.00843. The first-order valence-corrected chi connectivity index (χ1v) is 6.64. The lowest BCUT2D eigenvalue weighted by Gasteiger charge is -2.26. The molecule has 0 saturated carbocycles. The molecule has 1 nitrogen and oxygen atoms in total. The van der Waals surface area contributed by atoms with E-state index in [0.717, 1.165) is 19.6 Å². The number of hydrogen-bond donors (Lipinski definition) is 0. The second-order valence-electron chi connectivity index (χ2n) is 4.91. The van der Waals surface area contributed by atoms with Gasteiger partial charge in [0.05, 0.1) is 13.2 Å². The molecule has 0 radical (unpaired) electrons. The van der Waals surface area contributed by atoms with Crippen molar-refractivity contribution >= 4 is 0 Å². The van der Waals surface area contributed by atoms with Crippen LogP contribution >= 0.6 is 0 Å². The van der Waals surface area contributed by atoms with Crippen molar-refractivity contribution in [1.29, 1.82) is 0 Å². The van der Waals surface area contributed by atoms with Gasteiger partial charge in [-0.05, 0) is 28.7 Å². The molecule has 0 amide bonds. The molecular formula is C17H18O. The molecule has 1 aliphatic heterocycles. The summed E-state index contributed by atoms with van der Waals surface area (Å²) in [5, 5.41) is 0. The van der Waals surface area contributed by atoms with E-state index in [1.165, 1.54) is 22.3 Å². The minimum Gasteiger partial charge on any atom is -0.380 e. The molecule has 1 fully saturated rings. The van der Waals surface area contributed by atoms with Gasteiger partial charge in [0.15, 0.2) is 0 Å². The minimum absolute atomic E-state index is 0.612. The highest BCUT2D eigenvalue weighted by molar-refractivity contribution is 5.64. The van der Waals surface area contributed by atoms with Gasteiger partial charge in [-0.2, -0.15) is 0 Å². The standard InChI is InChI=1S/C17H18O/c1-2-13-4-3-5-16(10-13)14-6-8-15(9-7-14)17-11-18-12-17/h3-10,17H,2,11-12H2,1H3. The van der Waals surface area contributed by atoms with Crippen molar-refractivity contribution in [2.24, 2.45) is 0 Å². The fraction of sp³-hybridized carbons (Fsp3) is 0.294. The monoisotopic (exact) mass is 238 g/mol. The van der Waals surface area contributed by atoms with Crippen LogP contribution in [-0.4, -0.2) is 13.2 Å². The highest BCUT2D eigenvalue weighted by Crippen LogP contribution is 2.27. The predicted molar refractivity (Wildman–Crippen MR) is 74.8 cm³/mol. The first kappa shape index (κ1) is 11.5. The molecule has 1 heterocycles. The van der Waals surface area contributed by atoms with Crippen molar-refractivity contribution in [3.05, 3.63) is 59.7 Å². The summed E-state index contributed by atoms with van der Waals surface area (Å²) in [5.41, 5.74) is 5.40. The molecule has 2 aromatic carbocycles. The summed E-state index contributed by atoms with van der Waals surface area (Å²) in [4.78, 5) is 0. The zero-order chi connectivity index (χ0) is 12.4. The molecule has 1 aliphatic rings. The summed E-state index contributed by atoms with van der Waals surface area (Å²) in [5.74, 6) is 0.612. The average Bonchev–Trinajstić information content (AvgIpc) is 2.38. The molecule has 0 aromatic heterocycles. The SMILES string of the molecule is CCc1cccc(-c2ccc(C3COC3)cc2)c1. The fourth-order valence-corrected chi connectivity index (χ4v) is 2.35. The van der Waals surface area contributed by atoms with Crippen LogP contribution in [0.15, 0.2) is 48.5 Å². The molecular weight excluding hydrogens is 220 g/mol. The Morgan fingerprint density at radius 3 is 2.39 bits per heavy atom. The van der Waals surface area contributed by atoms with Crippen molar-refractivity contribution in [2.75, 3.05) is 13.2 Å². The molecule has 18 heavy (non-hydrogen) atoms. The van der Waals surface area contributed by atoms with Crippen LogP contribution in [-0.2, 0) is 11.2 Å². The summed E-state index contributed by atoms with van der Waals surface area (Å²) in [7, 11) is 0. The largest absolute Gasteiger partial charge is 0.380 e. The van der Waals surface area contributed by atoms with Crippen molar-refractivity contribution in [3.63, 3.8) is 0 Å². The van der Waals surface area contributed by atoms with Crippen LogP contribution in [0.5, 0.6) is 0 Å². The van der Waals surface area contributed by atoms with Gasteiger partial charge >= 0.3 is 0 Å². The van der Waals surface area contributed by atoms with Crippen molar-refractivity contribution in [3.8, 4) is 11.1 Å². The van der Waals surface area contributed by atoms with E-state index in [-0.39, 0.29) is 0 Å². The Kier molecular flexibility index (Phi) is 3.16. The van der Waals surface area contributed by atoms with Gasteiger partial charge in [-0.25, -0.2) is 0 Å². The van der Waals surface area contributed by atoms with Crippen LogP contribution in [0.3, 0.4) is 0 Å². The van der Waals surface area contributed by atoms with Crippen molar-refractivity contribution in [1.82, 2.24) is 0 Å². The summed E-state index contributed by atoms with van der Waals surface area (Å²) in [6.45, 7) is 3.95. The number of hydrogen-bond acceptors (Lipinski definition) is 1. The van der Waals surface area contributed by atoms with Crippen molar-refractivity contribution in [2.45, 2.75) is 19.3 Å². The predicted octanol–water partition coefficient (Wildman–Crippen LogP) is 4.03. The Hall–Kier alpha value is -1.60. The summed E-state index contributed by atoms with van der Waals surface area (Å²) >= 11 is 0. The molecule has 0 bridgehead atoms. The van der Waals surface area contributed by atoms with Crippen LogP contribution in [0.4, 0.5) is 0 Å². The number of benzene rings is 2. The van der Waals surface area contributed by atoms with E-state index in [1.807, 2.05) is 0 Å². The molecule has 0 atom stereocenters. The van der Waals surface area contributed by atoms with Gasteiger partial charge < -0.3 is 4.74 Å². The van der Waals surface area contributed by atoms with E-state index in [1.54, 1.807) is 0 Å². The smallest absolute Gasteiger partial charge is 0.0557 e. The van der Waals surface area contributed by atoms with Gasteiger partial charge in [-0.1, -0.05) is 55.5 Å².